The van der Waals surface area contributed by atoms with Crippen LogP contribution < -0.4 is 10.1 Å². The number of ketones is 1. The minimum Gasteiger partial charge on any atom is -0.465 e. The van der Waals surface area contributed by atoms with Crippen molar-refractivity contribution in [3.05, 3.63) is 36.6 Å². The first kappa shape index (κ1) is 13.5. The highest BCUT2D eigenvalue weighted by atomic mass is 35.5. The average molecular weight is 255 g/mol. The minimum absolute atomic E-state index is 0.135. The Morgan fingerprint density at radius 1 is 1.35 bits per heavy atom. The molecular formula is C12H13ClNO3. The maximum absolute atomic E-state index is 11.5. The van der Waals surface area contributed by atoms with Gasteiger partial charge in [-0.25, -0.2) is 0 Å². The Balaban J connectivity index is 2.56. The van der Waals surface area contributed by atoms with E-state index in [0.717, 1.165) is 0 Å². The molecule has 0 saturated carbocycles. The molecule has 1 unspecified atom stereocenters. The zero-order valence-electron chi connectivity index (χ0n) is 9.57. The number of alkyl halides is 1. The Hall–Kier alpha value is -1.55. The molecule has 5 heteroatoms. The van der Waals surface area contributed by atoms with Crippen LogP contribution in [0.1, 0.15) is 24.2 Å². The van der Waals surface area contributed by atoms with Crippen LogP contribution in [0.4, 0.5) is 0 Å². The fourth-order valence-corrected chi connectivity index (χ4v) is 1.23. The van der Waals surface area contributed by atoms with Crippen molar-refractivity contribution in [3.8, 4) is 5.75 Å². The Morgan fingerprint density at radius 3 is 2.41 bits per heavy atom. The van der Waals surface area contributed by atoms with Crippen LogP contribution in [0.3, 0.4) is 0 Å². The van der Waals surface area contributed by atoms with Crippen molar-refractivity contribution in [1.82, 2.24) is 5.32 Å². The topological polar surface area (TPSA) is 55.4 Å². The second kappa shape index (κ2) is 6.25. The first-order chi connectivity index (χ1) is 8.00. The molecule has 0 spiro atoms. The highest BCUT2D eigenvalue weighted by molar-refractivity contribution is 6.33. The molecule has 0 aliphatic carbocycles. The molecular weight excluding hydrogens is 242 g/mol. The number of ether oxygens (including phenoxy) is 1. The van der Waals surface area contributed by atoms with Gasteiger partial charge in [-0.05, 0) is 31.2 Å². The Bertz CT molecular complexity index is 401. The van der Waals surface area contributed by atoms with Crippen molar-refractivity contribution in [3.63, 3.8) is 0 Å². The molecule has 91 valence electrons. The first-order valence-electron chi connectivity index (χ1n) is 5.04. The number of rotatable bonds is 5. The summed E-state index contributed by atoms with van der Waals surface area (Å²) in [6.07, 6.45) is 0. The number of nitrogens with one attached hydrogen (secondary N) is 1. The Labute approximate surface area is 105 Å². The van der Waals surface area contributed by atoms with Crippen LogP contribution in [0.25, 0.3) is 0 Å². The quantitative estimate of drug-likeness (QED) is 0.647. The van der Waals surface area contributed by atoms with Gasteiger partial charge in [0.1, 0.15) is 5.75 Å². The summed E-state index contributed by atoms with van der Waals surface area (Å²) in [6, 6.07) is 6.51. The largest absolute Gasteiger partial charge is 0.465 e. The van der Waals surface area contributed by atoms with Crippen LogP contribution in [0.5, 0.6) is 5.75 Å². The van der Waals surface area contributed by atoms with Gasteiger partial charge in [0.25, 0.3) is 0 Å². The minimum atomic E-state index is -0.548. The third-order valence-electron chi connectivity index (χ3n) is 1.96. The van der Waals surface area contributed by atoms with E-state index in [4.69, 9.17) is 16.3 Å². The third-order valence-corrected chi connectivity index (χ3v) is 2.16. The summed E-state index contributed by atoms with van der Waals surface area (Å²) < 4.78 is 5.11. The lowest BCUT2D eigenvalue weighted by Crippen LogP contribution is -2.19. The van der Waals surface area contributed by atoms with Crippen molar-refractivity contribution in [2.75, 3.05) is 0 Å². The number of hydrogen-bond acceptors (Lipinski definition) is 3. The Kier molecular flexibility index (Phi) is 4.97. The van der Waals surface area contributed by atoms with Gasteiger partial charge in [0, 0.05) is 12.5 Å². The van der Waals surface area contributed by atoms with Crippen LogP contribution in [-0.2, 0) is 4.79 Å². The monoisotopic (exact) mass is 254 g/mol. The van der Waals surface area contributed by atoms with Crippen molar-refractivity contribution in [2.24, 2.45) is 0 Å². The molecule has 0 aliphatic heterocycles. The summed E-state index contributed by atoms with van der Waals surface area (Å²) in [5.41, 5.74) is 0.527. The molecule has 1 N–H and O–H groups in total. The van der Waals surface area contributed by atoms with Crippen molar-refractivity contribution in [2.45, 2.75) is 19.2 Å². The molecule has 1 aromatic carbocycles. The van der Waals surface area contributed by atoms with Gasteiger partial charge in [-0.15, -0.1) is 11.6 Å². The normalized spacial score (nSPS) is 11.7. The fourth-order valence-electron chi connectivity index (χ4n) is 1.11. The van der Waals surface area contributed by atoms with Gasteiger partial charge in [-0.2, -0.15) is 0 Å². The predicted molar refractivity (Wildman–Crippen MR) is 64.8 cm³/mol. The number of amides is 1. The molecule has 1 rings (SSSR count). The number of carbonyl (C=O) groups excluding carboxylic acids is 2. The maximum atomic E-state index is 11.5. The maximum Gasteiger partial charge on any atom is 0.228 e. The summed E-state index contributed by atoms with van der Waals surface area (Å²) in [4.78, 5) is 22.1. The summed E-state index contributed by atoms with van der Waals surface area (Å²) >= 11 is 5.69. The van der Waals surface area contributed by atoms with Crippen LogP contribution in [0.2, 0.25) is 0 Å². The molecule has 0 aromatic heterocycles. The SMILES string of the molecule is CC(=O)N[CH]Oc1ccc(C(=O)C(C)Cl)cc1. The Morgan fingerprint density at radius 2 is 1.94 bits per heavy atom. The number of hydrogen-bond donors (Lipinski definition) is 1. The van der Waals surface area contributed by atoms with E-state index in [0.29, 0.717) is 11.3 Å². The van der Waals surface area contributed by atoms with Crippen LogP contribution in [0, 0.1) is 6.73 Å². The van der Waals surface area contributed by atoms with Crippen molar-refractivity contribution in [1.29, 1.82) is 0 Å². The average Bonchev–Trinajstić information content (AvgIpc) is 2.28. The zero-order chi connectivity index (χ0) is 12.8. The summed E-state index contributed by atoms with van der Waals surface area (Å²) in [5.74, 6) is 0.175. The highest BCUT2D eigenvalue weighted by Crippen LogP contribution is 2.15. The third kappa shape index (κ3) is 4.44. The standard InChI is InChI=1S/C12H13ClNO3/c1-8(13)12(16)10-3-5-11(6-4-10)17-7-14-9(2)15/h3-8H,1-2H3,(H,14,15). The smallest absolute Gasteiger partial charge is 0.228 e. The number of benzene rings is 1. The highest BCUT2D eigenvalue weighted by Gasteiger charge is 2.11. The van der Waals surface area contributed by atoms with E-state index in [1.54, 1.807) is 31.2 Å². The van der Waals surface area contributed by atoms with Gasteiger partial charge in [0.2, 0.25) is 12.6 Å². The molecule has 1 aromatic rings. The molecule has 1 amide bonds. The van der Waals surface area contributed by atoms with E-state index in [1.807, 2.05) is 0 Å². The second-order valence-electron chi connectivity index (χ2n) is 3.44. The van der Waals surface area contributed by atoms with Crippen LogP contribution in [0.15, 0.2) is 24.3 Å². The van der Waals surface area contributed by atoms with Crippen molar-refractivity contribution >= 4 is 23.3 Å². The van der Waals surface area contributed by atoms with E-state index in [2.05, 4.69) is 5.32 Å². The lowest BCUT2D eigenvalue weighted by Gasteiger charge is -2.06. The molecule has 4 nitrogen and oxygen atoms in total. The molecule has 0 heterocycles. The molecule has 0 fully saturated rings. The fraction of sp³-hybridized carbons (Fsp3) is 0.250. The number of carbonyl (C=O) groups is 2. The second-order valence-corrected chi connectivity index (χ2v) is 4.10. The summed E-state index contributed by atoms with van der Waals surface area (Å²) in [7, 11) is 0. The van der Waals surface area contributed by atoms with E-state index >= 15 is 0 Å². The van der Waals surface area contributed by atoms with E-state index < -0.39 is 5.38 Å². The molecule has 1 radical (unpaired) electrons. The van der Waals surface area contributed by atoms with Gasteiger partial charge in [0.05, 0.1) is 5.38 Å². The van der Waals surface area contributed by atoms with E-state index in [-0.39, 0.29) is 11.7 Å². The lowest BCUT2D eigenvalue weighted by molar-refractivity contribution is -0.118. The predicted octanol–water partition coefficient (Wildman–Crippen LogP) is 2.13. The molecule has 17 heavy (non-hydrogen) atoms. The van der Waals surface area contributed by atoms with E-state index in [1.165, 1.54) is 13.7 Å². The van der Waals surface area contributed by atoms with Gasteiger partial charge >= 0.3 is 0 Å². The zero-order valence-corrected chi connectivity index (χ0v) is 10.3. The van der Waals surface area contributed by atoms with Gasteiger partial charge in [-0.3, -0.25) is 9.59 Å². The number of Topliss-reactive ketones (excluding diaryl/α,β-unsaturated/α-hetero) is 1. The summed E-state index contributed by atoms with van der Waals surface area (Å²) in [6.45, 7) is 4.19. The summed E-state index contributed by atoms with van der Waals surface area (Å²) in [5, 5.41) is 1.83. The van der Waals surface area contributed by atoms with Gasteiger partial charge in [0.15, 0.2) is 5.78 Å². The molecule has 0 aliphatic rings. The molecule has 0 saturated heterocycles. The van der Waals surface area contributed by atoms with Crippen LogP contribution >= 0.6 is 11.6 Å². The first-order valence-corrected chi connectivity index (χ1v) is 5.48. The lowest BCUT2D eigenvalue weighted by atomic mass is 10.1. The molecule has 0 bridgehead atoms. The molecule has 1 atom stereocenters. The number of halogens is 1. The van der Waals surface area contributed by atoms with Crippen molar-refractivity contribution < 1.29 is 14.3 Å². The van der Waals surface area contributed by atoms with Gasteiger partial charge < -0.3 is 10.1 Å². The van der Waals surface area contributed by atoms with Gasteiger partial charge in [-0.1, -0.05) is 0 Å². The van der Waals surface area contributed by atoms with E-state index in [9.17, 15) is 9.59 Å². The van der Waals surface area contributed by atoms with Crippen LogP contribution in [-0.4, -0.2) is 17.1 Å².